The summed E-state index contributed by atoms with van der Waals surface area (Å²) in [6.45, 7) is -0.286. The third-order valence-electron chi connectivity index (χ3n) is 4.72. The lowest BCUT2D eigenvalue weighted by molar-refractivity contribution is 0.0920. The maximum atomic E-state index is 12.4. The molecule has 0 radical (unpaired) electrons. The highest BCUT2D eigenvalue weighted by atomic mass is 16.4. The molecule has 0 aliphatic carbocycles. The van der Waals surface area contributed by atoms with Gasteiger partial charge < -0.3 is 29.7 Å². The smallest absolute Gasteiger partial charge is 0.353 e. The van der Waals surface area contributed by atoms with Gasteiger partial charge in [0.05, 0.1) is 10.8 Å². The number of amides is 2. The molecule has 0 saturated carbocycles. The molecule has 162 valence electrons. The third kappa shape index (κ3) is 3.65. The Kier molecular flexibility index (Phi) is 5.34. The predicted molar refractivity (Wildman–Crippen MR) is 113 cm³/mol. The monoisotopic (exact) mass is 436 g/mol. The molecule has 10 nitrogen and oxygen atoms in total. The van der Waals surface area contributed by atoms with Crippen LogP contribution in [0.1, 0.15) is 20.7 Å². The van der Waals surface area contributed by atoms with Gasteiger partial charge in [0, 0.05) is 13.1 Å². The molecule has 4 rings (SSSR count). The van der Waals surface area contributed by atoms with Crippen molar-refractivity contribution in [3.8, 4) is 11.5 Å². The summed E-state index contributed by atoms with van der Waals surface area (Å²) in [6, 6.07) is 12.4. The largest absolute Gasteiger partial charge is 0.506 e. The van der Waals surface area contributed by atoms with Crippen LogP contribution in [0.15, 0.2) is 67.0 Å². The Morgan fingerprint density at radius 2 is 1.06 bits per heavy atom. The van der Waals surface area contributed by atoms with Crippen molar-refractivity contribution in [3.05, 3.63) is 80.5 Å². The molecule has 4 aromatic rings. The molecule has 0 fully saturated rings. The molecule has 0 aliphatic rings. The van der Waals surface area contributed by atoms with Crippen LogP contribution in [-0.4, -0.2) is 35.1 Å². The first-order chi connectivity index (χ1) is 15.4. The highest BCUT2D eigenvalue weighted by Crippen LogP contribution is 2.26. The van der Waals surface area contributed by atoms with Gasteiger partial charge in [-0.05, 0) is 24.3 Å². The van der Waals surface area contributed by atoms with Gasteiger partial charge in [0.15, 0.2) is 11.1 Å². The van der Waals surface area contributed by atoms with E-state index in [-0.39, 0.29) is 35.0 Å². The Labute approximate surface area is 178 Å². The maximum Gasteiger partial charge on any atom is 0.353 e. The van der Waals surface area contributed by atoms with Crippen LogP contribution in [0.25, 0.3) is 21.9 Å². The van der Waals surface area contributed by atoms with Crippen LogP contribution < -0.4 is 21.9 Å². The van der Waals surface area contributed by atoms with E-state index in [0.29, 0.717) is 0 Å². The Hall–Kier alpha value is -4.60. The summed E-state index contributed by atoms with van der Waals surface area (Å²) in [5, 5.41) is 25.7. The van der Waals surface area contributed by atoms with Gasteiger partial charge in [0.25, 0.3) is 11.8 Å². The lowest BCUT2D eigenvalue weighted by Crippen LogP contribution is -2.37. The van der Waals surface area contributed by atoms with Gasteiger partial charge in [0.1, 0.15) is 22.7 Å². The molecule has 0 aliphatic heterocycles. The number of rotatable bonds is 5. The highest BCUT2D eigenvalue weighted by molar-refractivity contribution is 6.02. The van der Waals surface area contributed by atoms with Crippen molar-refractivity contribution in [2.24, 2.45) is 0 Å². The molecule has 0 spiro atoms. The van der Waals surface area contributed by atoms with Gasteiger partial charge in [0.2, 0.25) is 0 Å². The van der Waals surface area contributed by atoms with Crippen molar-refractivity contribution in [1.82, 2.24) is 10.6 Å². The number of benzene rings is 2. The molecule has 32 heavy (non-hydrogen) atoms. The molecule has 10 heteroatoms. The summed E-state index contributed by atoms with van der Waals surface area (Å²) < 4.78 is 10.1. The van der Waals surface area contributed by atoms with Gasteiger partial charge in [-0.25, -0.2) is 9.59 Å². The molecule has 0 saturated heterocycles. The fourth-order valence-electron chi connectivity index (χ4n) is 3.20. The first kappa shape index (κ1) is 20.7. The van der Waals surface area contributed by atoms with E-state index in [1.54, 1.807) is 24.3 Å². The molecule has 2 heterocycles. The number of carbonyl (C=O) groups excluding carboxylic acids is 2. The number of aromatic hydroxyl groups is 2. The van der Waals surface area contributed by atoms with Crippen molar-refractivity contribution in [3.63, 3.8) is 0 Å². The molecule has 2 amide bonds. The van der Waals surface area contributed by atoms with Gasteiger partial charge in [-0.15, -0.1) is 0 Å². The van der Waals surface area contributed by atoms with Crippen LogP contribution in [0.5, 0.6) is 11.5 Å². The summed E-state index contributed by atoms with van der Waals surface area (Å²) in [6.07, 6.45) is 0. The van der Waals surface area contributed by atoms with Crippen molar-refractivity contribution >= 4 is 33.8 Å². The molecule has 2 aromatic carbocycles. The van der Waals surface area contributed by atoms with E-state index in [0.717, 1.165) is 0 Å². The van der Waals surface area contributed by atoms with Crippen LogP contribution in [0.2, 0.25) is 0 Å². The predicted octanol–water partition coefficient (Wildman–Crippen LogP) is 1.47. The first-order valence-corrected chi connectivity index (χ1v) is 9.44. The maximum absolute atomic E-state index is 12.4. The van der Waals surface area contributed by atoms with Gasteiger partial charge in [-0.3, -0.25) is 9.59 Å². The van der Waals surface area contributed by atoms with Crippen molar-refractivity contribution in [2.45, 2.75) is 0 Å². The van der Waals surface area contributed by atoms with Crippen molar-refractivity contribution in [2.75, 3.05) is 13.1 Å². The fraction of sp³-hybridized carbons (Fsp3) is 0.0909. The van der Waals surface area contributed by atoms with E-state index >= 15 is 0 Å². The zero-order valence-electron chi connectivity index (χ0n) is 16.4. The number of nitrogens with one attached hydrogen (secondary N) is 2. The second kappa shape index (κ2) is 8.26. The van der Waals surface area contributed by atoms with Gasteiger partial charge >= 0.3 is 11.3 Å². The van der Waals surface area contributed by atoms with Crippen LogP contribution in [0.4, 0.5) is 0 Å². The second-order valence-corrected chi connectivity index (χ2v) is 6.73. The van der Waals surface area contributed by atoms with E-state index in [1.165, 1.54) is 24.3 Å². The Balaban J connectivity index is 1.44. The molecule has 0 atom stereocenters. The summed E-state index contributed by atoms with van der Waals surface area (Å²) in [7, 11) is 0. The molecule has 4 N–H and O–H groups in total. The van der Waals surface area contributed by atoms with Gasteiger partial charge in [-0.2, -0.15) is 0 Å². The summed E-state index contributed by atoms with van der Waals surface area (Å²) >= 11 is 0. The standard InChI is InChI=1S/C22H16N2O8/c25-17-11-5-1-3-7-13(11)31-21(29)15(17)19(27)23-9-10-24-20(28)16-18(26)12-6-2-4-8-14(12)32-22(16)30/h1-8,25-26H,9-10H2,(H,23,27)(H,24,28). The topological polar surface area (TPSA) is 159 Å². The normalized spacial score (nSPS) is 10.9. The minimum atomic E-state index is -1.01. The minimum absolute atomic E-state index is 0.132. The Morgan fingerprint density at radius 3 is 1.47 bits per heavy atom. The fourth-order valence-corrected chi connectivity index (χ4v) is 3.20. The van der Waals surface area contributed by atoms with E-state index in [9.17, 15) is 29.4 Å². The lowest BCUT2D eigenvalue weighted by atomic mass is 10.1. The summed E-state index contributed by atoms with van der Waals surface area (Å²) in [4.78, 5) is 48.8. The number of hydrogen-bond acceptors (Lipinski definition) is 8. The van der Waals surface area contributed by atoms with Crippen molar-refractivity contribution in [1.29, 1.82) is 0 Å². The average Bonchev–Trinajstić information content (AvgIpc) is 2.77. The quantitative estimate of drug-likeness (QED) is 0.270. The van der Waals surface area contributed by atoms with Gasteiger partial charge in [-0.1, -0.05) is 24.3 Å². The number of hydrogen-bond donors (Lipinski definition) is 4. The molecule has 2 aromatic heterocycles. The Morgan fingerprint density at radius 1 is 0.688 bits per heavy atom. The van der Waals surface area contributed by atoms with E-state index < -0.39 is 45.7 Å². The Bertz CT molecular complexity index is 1370. The minimum Gasteiger partial charge on any atom is -0.506 e. The third-order valence-corrected chi connectivity index (χ3v) is 4.72. The highest BCUT2D eigenvalue weighted by Gasteiger charge is 2.22. The lowest BCUT2D eigenvalue weighted by Gasteiger charge is -2.09. The zero-order chi connectivity index (χ0) is 22.8. The summed E-state index contributed by atoms with van der Waals surface area (Å²) in [5.41, 5.74) is -2.89. The molecular formula is C22H16N2O8. The molecular weight excluding hydrogens is 420 g/mol. The molecule has 0 unspecified atom stereocenters. The van der Waals surface area contributed by atoms with Crippen LogP contribution in [0, 0.1) is 0 Å². The summed E-state index contributed by atoms with van der Waals surface area (Å²) in [5.74, 6) is -2.83. The van der Waals surface area contributed by atoms with Crippen molar-refractivity contribution < 1.29 is 28.6 Å². The van der Waals surface area contributed by atoms with Crippen LogP contribution >= 0.6 is 0 Å². The van der Waals surface area contributed by atoms with E-state index in [1.807, 2.05) is 0 Å². The first-order valence-electron chi connectivity index (χ1n) is 9.44. The van der Waals surface area contributed by atoms with E-state index in [2.05, 4.69) is 10.6 Å². The van der Waals surface area contributed by atoms with E-state index in [4.69, 9.17) is 8.83 Å². The average molecular weight is 436 g/mol. The SMILES string of the molecule is O=C(NCCNC(=O)c1c(O)c2ccccc2oc1=O)c1c(O)c2ccccc2oc1=O. The number of para-hydroxylation sites is 2. The van der Waals surface area contributed by atoms with Crippen LogP contribution in [-0.2, 0) is 0 Å². The molecule has 0 bridgehead atoms. The second-order valence-electron chi connectivity index (χ2n) is 6.73. The zero-order valence-corrected chi connectivity index (χ0v) is 16.4. The number of fused-ring (bicyclic) bond motifs is 2. The van der Waals surface area contributed by atoms with Crippen LogP contribution in [0.3, 0.4) is 0 Å². The number of carbonyl (C=O) groups is 2.